The molecule has 0 radical (unpaired) electrons. The summed E-state index contributed by atoms with van der Waals surface area (Å²) in [6.45, 7) is 5.83. The molecule has 0 aliphatic carbocycles. The summed E-state index contributed by atoms with van der Waals surface area (Å²) in [5.74, 6) is 0.580. The average Bonchev–Trinajstić information content (AvgIpc) is 2.51. The summed E-state index contributed by atoms with van der Waals surface area (Å²) < 4.78 is 5.09. The minimum Gasteiger partial charge on any atom is -0.497 e. The lowest BCUT2D eigenvalue weighted by Gasteiger charge is -2.24. The lowest BCUT2D eigenvalue weighted by Crippen LogP contribution is -2.41. The number of hydrogen-bond donors (Lipinski definition) is 1. The summed E-state index contributed by atoms with van der Waals surface area (Å²) >= 11 is 6.21. The van der Waals surface area contributed by atoms with Gasteiger partial charge in [0.25, 0.3) is 0 Å². The summed E-state index contributed by atoms with van der Waals surface area (Å²) in [6.07, 6.45) is 1.10. The maximum Gasteiger partial charge on any atom is 0.242 e. The minimum absolute atomic E-state index is 0.168. The van der Waals surface area contributed by atoms with Crippen LogP contribution < -0.4 is 10.1 Å². The van der Waals surface area contributed by atoms with E-state index in [-0.39, 0.29) is 11.9 Å². The van der Waals surface area contributed by atoms with Gasteiger partial charge >= 0.3 is 0 Å². The van der Waals surface area contributed by atoms with Crippen molar-refractivity contribution in [2.24, 2.45) is 0 Å². The normalized spacial score (nSPS) is 13.8. The van der Waals surface area contributed by atoms with Gasteiger partial charge in [-0.25, -0.2) is 0 Å². The molecule has 118 valence electrons. The Kier molecular flexibility index (Phi) is 7.54. The fourth-order valence-corrected chi connectivity index (χ4v) is 2.21. The molecular formula is C16H25ClN2O2. The monoisotopic (exact) mass is 312 g/mol. The Morgan fingerprint density at radius 2 is 2.00 bits per heavy atom. The number of ether oxygens (including phenoxy) is 1. The molecule has 1 aromatic rings. The molecule has 0 fully saturated rings. The number of halogens is 1. The summed E-state index contributed by atoms with van der Waals surface area (Å²) in [5.41, 5.74) is 0.768. The van der Waals surface area contributed by atoms with E-state index in [4.69, 9.17) is 16.3 Å². The van der Waals surface area contributed by atoms with Gasteiger partial charge in [0, 0.05) is 12.6 Å². The Balaban J connectivity index is 2.50. The molecule has 0 saturated heterocycles. The van der Waals surface area contributed by atoms with Crippen molar-refractivity contribution in [3.63, 3.8) is 0 Å². The molecule has 2 atom stereocenters. The van der Waals surface area contributed by atoms with Gasteiger partial charge in [0.2, 0.25) is 5.91 Å². The van der Waals surface area contributed by atoms with Gasteiger partial charge in [-0.15, -0.1) is 11.6 Å². The number of likely N-dealkylation sites (N-methyl/N-ethyl adjacent to an activating group) is 1. The van der Waals surface area contributed by atoms with Crippen LogP contribution in [0.2, 0.25) is 0 Å². The highest BCUT2D eigenvalue weighted by molar-refractivity contribution is 6.30. The quantitative estimate of drug-likeness (QED) is 0.751. The van der Waals surface area contributed by atoms with Crippen molar-refractivity contribution in [2.75, 3.05) is 27.2 Å². The van der Waals surface area contributed by atoms with Crippen molar-refractivity contribution in [1.29, 1.82) is 0 Å². The van der Waals surface area contributed by atoms with Crippen LogP contribution in [-0.2, 0) is 4.79 Å². The van der Waals surface area contributed by atoms with Crippen molar-refractivity contribution >= 4 is 17.5 Å². The number of carbonyl (C=O) groups excluding carboxylic acids is 1. The first-order valence-electron chi connectivity index (χ1n) is 7.25. The van der Waals surface area contributed by atoms with Crippen LogP contribution in [0.15, 0.2) is 24.3 Å². The van der Waals surface area contributed by atoms with Gasteiger partial charge < -0.3 is 15.0 Å². The van der Waals surface area contributed by atoms with Gasteiger partial charge in [0.15, 0.2) is 0 Å². The van der Waals surface area contributed by atoms with Gasteiger partial charge in [-0.3, -0.25) is 4.79 Å². The predicted molar refractivity (Wildman–Crippen MR) is 87.0 cm³/mol. The first kappa shape index (κ1) is 17.8. The zero-order valence-electron chi connectivity index (χ0n) is 13.2. The van der Waals surface area contributed by atoms with E-state index in [1.807, 2.05) is 12.1 Å². The summed E-state index contributed by atoms with van der Waals surface area (Å²) in [7, 11) is 3.66. The van der Waals surface area contributed by atoms with Gasteiger partial charge in [0.1, 0.15) is 11.1 Å². The molecule has 4 nitrogen and oxygen atoms in total. The van der Waals surface area contributed by atoms with Crippen LogP contribution in [0, 0.1) is 0 Å². The lowest BCUT2D eigenvalue weighted by molar-refractivity contribution is -0.121. The van der Waals surface area contributed by atoms with Gasteiger partial charge in [0.05, 0.1) is 7.11 Å². The maximum absolute atomic E-state index is 12.1. The number of amides is 1. The first-order chi connectivity index (χ1) is 9.99. The smallest absolute Gasteiger partial charge is 0.242 e. The molecule has 5 heteroatoms. The molecule has 21 heavy (non-hydrogen) atoms. The number of rotatable bonds is 8. The number of benzene rings is 1. The summed E-state index contributed by atoms with van der Waals surface area (Å²) in [6, 6.07) is 7.50. The van der Waals surface area contributed by atoms with Crippen molar-refractivity contribution in [3.05, 3.63) is 29.8 Å². The van der Waals surface area contributed by atoms with Crippen molar-refractivity contribution in [2.45, 2.75) is 31.7 Å². The van der Waals surface area contributed by atoms with Gasteiger partial charge in [-0.2, -0.15) is 0 Å². The summed E-state index contributed by atoms with van der Waals surface area (Å²) in [5, 5.41) is 2.22. The average molecular weight is 313 g/mol. The molecule has 2 unspecified atom stereocenters. The fourth-order valence-electron chi connectivity index (χ4n) is 1.99. The SMILES string of the molecule is CCCN(C)C(C)CNC(=O)C(Cl)c1ccc(OC)cc1. The minimum atomic E-state index is -0.681. The second-order valence-corrected chi connectivity index (χ2v) is 5.65. The Labute approximate surface area is 132 Å². The standard InChI is InChI=1S/C16H25ClN2O2/c1-5-10-19(3)12(2)11-18-16(20)15(17)13-6-8-14(21-4)9-7-13/h6-9,12,15H,5,10-11H2,1-4H3,(H,18,20). The van der Waals surface area contributed by atoms with Crippen LogP contribution in [0.3, 0.4) is 0 Å². The van der Waals surface area contributed by atoms with E-state index in [9.17, 15) is 4.79 Å². The molecule has 0 aliphatic rings. The fraction of sp³-hybridized carbons (Fsp3) is 0.562. The first-order valence-corrected chi connectivity index (χ1v) is 7.69. The van der Waals surface area contributed by atoms with E-state index in [1.54, 1.807) is 19.2 Å². The zero-order chi connectivity index (χ0) is 15.8. The Bertz CT molecular complexity index is 436. The number of nitrogens with zero attached hydrogens (tertiary/aromatic N) is 1. The molecule has 0 saturated carbocycles. The maximum atomic E-state index is 12.1. The number of methoxy groups -OCH3 is 1. The van der Waals surface area contributed by atoms with Crippen LogP contribution in [0.4, 0.5) is 0 Å². The molecule has 1 aromatic carbocycles. The molecule has 1 rings (SSSR count). The van der Waals surface area contributed by atoms with Crippen molar-refractivity contribution < 1.29 is 9.53 Å². The second kappa shape index (κ2) is 8.90. The van der Waals surface area contributed by atoms with Crippen LogP contribution in [-0.4, -0.2) is 44.1 Å². The Morgan fingerprint density at radius 1 is 1.38 bits per heavy atom. The topological polar surface area (TPSA) is 41.6 Å². The van der Waals surface area contributed by atoms with E-state index >= 15 is 0 Å². The number of carbonyl (C=O) groups is 1. The van der Waals surface area contributed by atoms with E-state index < -0.39 is 5.38 Å². The molecule has 1 N–H and O–H groups in total. The highest BCUT2D eigenvalue weighted by Gasteiger charge is 2.18. The molecule has 0 heterocycles. The molecule has 0 spiro atoms. The number of nitrogens with one attached hydrogen (secondary N) is 1. The van der Waals surface area contributed by atoms with E-state index in [2.05, 4.69) is 31.1 Å². The predicted octanol–water partition coefficient (Wildman–Crippen LogP) is 2.82. The Hall–Kier alpha value is -1.26. The lowest BCUT2D eigenvalue weighted by atomic mass is 10.1. The van der Waals surface area contributed by atoms with Crippen LogP contribution in [0.25, 0.3) is 0 Å². The third kappa shape index (κ3) is 5.56. The van der Waals surface area contributed by atoms with E-state index in [0.717, 1.165) is 24.3 Å². The Morgan fingerprint density at radius 3 is 2.52 bits per heavy atom. The van der Waals surface area contributed by atoms with Crippen molar-refractivity contribution in [1.82, 2.24) is 10.2 Å². The number of alkyl halides is 1. The molecule has 0 bridgehead atoms. The number of hydrogen-bond acceptors (Lipinski definition) is 3. The van der Waals surface area contributed by atoms with Crippen molar-refractivity contribution in [3.8, 4) is 5.75 Å². The summed E-state index contributed by atoms with van der Waals surface area (Å²) in [4.78, 5) is 14.3. The largest absolute Gasteiger partial charge is 0.497 e. The van der Waals surface area contributed by atoms with Gasteiger partial charge in [-0.1, -0.05) is 19.1 Å². The highest BCUT2D eigenvalue weighted by atomic mass is 35.5. The third-order valence-electron chi connectivity index (χ3n) is 3.54. The zero-order valence-corrected chi connectivity index (χ0v) is 14.0. The molecule has 0 aromatic heterocycles. The van der Waals surface area contributed by atoms with Crippen LogP contribution >= 0.6 is 11.6 Å². The molecule has 0 aliphatic heterocycles. The van der Waals surface area contributed by atoms with Crippen LogP contribution in [0.1, 0.15) is 31.2 Å². The third-order valence-corrected chi connectivity index (χ3v) is 3.99. The highest BCUT2D eigenvalue weighted by Crippen LogP contribution is 2.23. The van der Waals surface area contributed by atoms with Crippen LogP contribution in [0.5, 0.6) is 5.75 Å². The van der Waals surface area contributed by atoms with Gasteiger partial charge in [-0.05, 0) is 44.6 Å². The molecular weight excluding hydrogens is 288 g/mol. The second-order valence-electron chi connectivity index (χ2n) is 5.21. The van der Waals surface area contributed by atoms with E-state index in [1.165, 1.54) is 0 Å². The van der Waals surface area contributed by atoms with E-state index in [0.29, 0.717) is 6.54 Å². The molecule has 1 amide bonds.